The SMILES string of the molecule is Cc1ccc(SCCSC(=O)N(C)C)cc1. The predicted octanol–water partition coefficient (Wildman–Crippen LogP) is 3.50. The average Bonchev–Trinajstić information content (AvgIpc) is 2.26. The van der Waals surface area contributed by atoms with E-state index in [4.69, 9.17) is 0 Å². The van der Waals surface area contributed by atoms with E-state index in [1.54, 1.807) is 30.8 Å². The van der Waals surface area contributed by atoms with E-state index in [0.29, 0.717) is 0 Å². The smallest absolute Gasteiger partial charge is 0.281 e. The van der Waals surface area contributed by atoms with Crippen molar-refractivity contribution in [3.8, 4) is 0 Å². The minimum Gasteiger partial charge on any atom is -0.340 e. The molecular formula is C12H17NOS2. The van der Waals surface area contributed by atoms with Gasteiger partial charge >= 0.3 is 0 Å². The van der Waals surface area contributed by atoms with Crippen LogP contribution in [0.2, 0.25) is 0 Å². The van der Waals surface area contributed by atoms with E-state index in [1.807, 2.05) is 0 Å². The van der Waals surface area contributed by atoms with Crippen molar-refractivity contribution in [3.63, 3.8) is 0 Å². The van der Waals surface area contributed by atoms with Crippen LogP contribution in [-0.4, -0.2) is 35.7 Å². The van der Waals surface area contributed by atoms with E-state index in [0.717, 1.165) is 11.5 Å². The summed E-state index contributed by atoms with van der Waals surface area (Å²) in [4.78, 5) is 14.2. The molecule has 0 radical (unpaired) electrons. The quantitative estimate of drug-likeness (QED) is 0.606. The van der Waals surface area contributed by atoms with Gasteiger partial charge < -0.3 is 4.90 Å². The number of hydrogen-bond donors (Lipinski definition) is 0. The van der Waals surface area contributed by atoms with Gasteiger partial charge in [0.15, 0.2) is 0 Å². The van der Waals surface area contributed by atoms with Crippen molar-refractivity contribution in [3.05, 3.63) is 29.8 Å². The first-order chi connectivity index (χ1) is 7.59. The summed E-state index contributed by atoms with van der Waals surface area (Å²) in [5, 5.41) is 0.129. The van der Waals surface area contributed by atoms with Crippen molar-refractivity contribution >= 4 is 28.8 Å². The molecule has 88 valence electrons. The fraction of sp³-hybridized carbons (Fsp3) is 0.417. The average molecular weight is 255 g/mol. The molecule has 1 aromatic rings. The molecule has 0 fully saturated rings. The van der Waals surface area contributed by atoms with Crippen LogP contribution in [0, 0.1) is 6.92 Å². The number of nitrogens with zero attached hydrogens (tertiary/aromatic N) is 1. The summed E-state index contributed by atoms with van der Waals surface area (Å²) in [5.74, 6) is 1.82. The Morgan fingerprint density at radius 1 is 1.19 bits per heavy atom. The summed E-state index contributed by atoms with van der Waals surface area (Å²) >= 11 is 3.16. The number of hydrogen-bond acceptors (Lipinski definition) is 3. The molecule has 0 aliphatic carbocycles. The Balaban J connectivity index is 2.21. The van der Waals surface area contributed by atoms with Gasteiger partial charge in [-0.05, 0) is 19.1 Å². The topological polar surface area (TPSA) is 20.3 Å². The molecule has 16 heavy (non-hydrogen) atoms. The van der Waals surface area contributed by atoms with Gasteiger partial charge in [0.1, 0.15) is 0 Å². The summed E-state index contributed by atoms with van der Waals surface area (Å²) in [6.07, 6.45) is 0. The fourth-order valence-corrected chi connectivity index (χ4v) is 2.72. The lowest BCUT2D eigenvalue weighted by Gasteiger charge is -2.08. The number of carbonyl (C=O) groups is 1. The molecule has 0 saturated heterocycles. The fourth-order valence-electron chi connectivity index (χ4n) is 1.05. The Hall–Kier alpha value is -0.610. The van der Waals surface area contributed by atoms with Crippen LogP contribution in [0.5, 0.6) is 0 Å². The lowest BCUT2D eigenvalue weighted by Crippen LogP contribution is -2.16. The third kappa shape index (κ3) is 4.94. The van der Waals surface area contributed by atoms with Crippen molar-refractivity contribution in [1.82, 2.24) is 4.90 Å². The van der Waals surface area contributed by atoms with Gasteiger partial charge in [-0.25, -0.2) is 0 Å². The van der Waals surface area contributed by atoms with Gasteiger partial charge in [-0.1, -0.05) is 29.5 Å². The number of rotatable bonds is 4. The van der Waals surface area contributed by atoms with Gasteiger partial charge in [-0.3, -0.25) is 4.79 Å². The molecule has 0 aromatic heterocycles. The zero-order valence-corrected chi connectivity index (χ0v) is 11.5. The Morgan fingerprint density at radius 3 is 2.38 bits per heavy atom. The van der Waals surface area contributed by atoms with Crippen molar-refractivity contribution in [2.24, 2.45) is 0 Å². The van der Waals surface area contributed by atoms with E-state index in [9.17, 15) is 4.79 Å². The highest BCUT2D eigenvalue weighted by Crippen LogP contribution is 2.20. The molecule has 0 heterocycles. The second kappa shape index (κ2) is 6.86. The molecule has 0 N–H and O–H groups in total. The molecular weight excluding hydrogens is 238 g/mol. The standard InChI is InChI=1S/C12H17NOS2/c1-10-4-6-11(7-5-10)15-8-9-16-12(14)13(2)3/h4-7H,8-9H2,1-3H3. The molecule has 1 amide bonds. The van der Waals surface area contributed by atoms with E-state index in [1.165, 1.54) is 22.2 Å². The molecule has 0 aliphatic rings. The molecule has 2 nitrogen and oxygen atoms in total. The third-order valence-corrected chi connectivity index (χ3v) is 4.26. The van der Waals surface area contributed by atoms with Gasteiger partial charge in [-0.15, -0.1) is 11.8 Å². The summed E-state index contributed by atoms with van der Waals surface area (Å²) in [5.41, 5.74) is 1.28. The van der Waals surface area contributed by atoms with Crippen LogP contribution in [0.25, 0.3) is 0 Å². The highest BCUT2D eigenvalue weighted by Gasteiger charge is 2.03. The van der Waals surface area contributed by atoms with Crippen LogP contribution in [0.3, 0.4) is 0 Å². The van der Waals surface area contributed by atoms with Crippen LogP contribution in [0.4, 0.5) is 4.79 Å². The van der Waals surface area contributed by atoms with Gasteiger partial charge in [0.05, 0.1) is 0 Å². The summed E-state index contributed by atoms with van der Waals surface area (Å²) in [6, 6.07) is 8.47. The molecule has 1 aromatic carbocycles. The van der Waals surface area contributed by atoms with Gasteiger partial charge in [0.2, 0.25) is 0 Å². The maximum Gasteiger partial charge on any atom is 0.281 e. The maximum atomic E-state index is 11.3. The minimum absolute atomic E-state index is 0.129. The van der Waals surface area contributed by atoms with E-state index in [-0.39, 0.29) is 5.24 Å². The van der Waals surface area contributed by atoms with Gasteiger partial charge in [0.25, 0.3) is 5.24 Å². The molecule has 0 saturated carbocycles. The second-order valence-corrected chi connectivity index (χ2v) is 5.88. The monoisotopic (exact) mass is 255 g/mol. The Bertz CT molecular complexity index is 335. The lowest BCUT2D eigenvalue weighted by atomic mass is 10.2. The molecule has 1 rings (SSSR count). The molecule has 0 atom stereocenters. The molecule has 0 unspecified atom stereocenters. The Morgan fingerprint density at radius 2 is 1.81 bits per heavy atom. The van der Waals surface area contributed by atoms with E-state index in [2.05, 4.69) is 31.2 Å². The maximum absolute atomic E-state index is 11.3. The number of aryl methyl sites for hydroxylation is 1. The molecule has 0 bridgehead atoms. The summed E-state index contributed by atoms with van der Waals surface area (Å²) in [6.45, 7) is 2.08. The number of amides is 1. The minimum atomic E-state index is 0.129. The molecule has 4 heteroatoms. The van der Waals surface area contributed by atoms with Gasteiger partial charge in [-0.2, -0.15) is 0 Å². The van der Waals surface area contributed by atoms with E-state index >= 15 is 0 Å². The van der Waals surface area contributed by atoms with Crippen molar-refractivity contribution in [2.75, 3.05) is 25.6 Å². The number of benzene rings is 1. The van der Waals surface area contributed by atoms with Crippen LogP contribution in [0.15, 0.2) is 29.2 Å². The predicted molar refractivity (Wildman–Crippen MR) is 73.4 cm³/mol. The first-order valence-corrected chi connectivity index (χ1v) is 7.10. The molecule has 0 aliphatic heterocycles. The van der Waals surface area contributed by atoms with Crippen molar-refractivity contribution in [2.45, 2.75) is 11.8 Å². The second-order valence-electron chi connectivity index (χ2n) is 3.67. The normalized spacial score (nSPS) is 10.2. The van der Waals surface area contributed by atoms with Crippen molar-refractivity contribution < 1.29 is 4.79 Å². The Labute approximate surface area is 106 Å². The first kappa shape index (κ1) is 13.5. The van der Waals surface area contributed by atoms with Crippen molar-refractivity contribution in [1.29, 1.82) is 0 Å². The number of thioether (sulfide) groups is 2. The van der Waals surface area contributed by atoms with Gasteiger partial charge in [0, 0.05) is 30.5 Å². The van der Waals surface area contributed by atoms with Crippen LogP contribution in [0.1, 0.15) is 5.56 Å². The van der Waals surface area contributed by atoms with Crippen LogP contribution in [-0.2, 0) is 0 Å². The van der Waals surface area contributed by atoms with E-state index < -0.39 is 0 Å². The largest absolute Gasteiger partial charge is 0.340 e. The van der Waals surface area contributed by atoms with Crippen LogP contribution < -0.4 is 0 Å². The summed E-state index contributed by atoms with van der Waals surface area (Å²) < 4.78 is 0. The first-order valence-electron chi connectivity index (χ1n) is 5.13. The number of carbonyl (C=O) groups excluding carboxylic acids is 1. The third-order valence-electron chi connectivity index (χ3n) is 1.96. The Kier molecular flexibility index (Phi) is 5.77. The van der Waals surface area contributed by atoms with Crippen LogP contribution >= 0.6 is 23.5 Å². The highest BCUT2D eigenvalue weighted by atomic mass is 32.2. The highest BCUT2D eigenvalue weighted by molar-refractivity contribution is 8.14. The zero-order chi connectivity index (χ0) is 12.0. The lowest BCUT2D eigenvalue weighted by molar-refractivity contribution is 0.241. The zero-order valence-electron chi connectivity index (χ0n) is 9.90. The summed E-state index contributed by atoms with van der Waals surface area (Å²) in [7, 11) is 3.56. The molecule has 0 spiro atoms.